The van der Waals surface area contributed by atoms with Crippen LogP contribution in [0.1, 0.15) is 83.6 Å². The van der Waals surface area contributed by atoms with Crippen molar-refractivity contribution in [3.63, 3.8) is 0 Å². The predicted octanol–water partition coefficient (Wildman–Crippen LogP) is 6.38. The summed E-state index contributed by atoms with van der Waals surface area (Å²) in [5.74, 6) is 9.60. The number of carbonyl (C=O) groups is 1. The van der Waals surface area contributed by atoms with Crippen molar-refractivity contribution in [1.29, 1.82) is 0 Å². The highest BCUT2D eigenvalue weighted by Gasteiger charge is 2.27. The molecule has 0 unspecified atom stereocenters. The van der Waals surface area contributed by atoms with Gasteiger partial charge in [-0.3, -0.25) is 4.79 Å². The molecule has 0 radical (unpaired) electrons. The summed E-state index contributed by atoms with van der Waals surface area (Å²) in [5.41, 5.74) is 1.01. The summed E-state index contributed by atoms with van der Waals surface area (Å²) >= 11 is 0. The van der Waals surface area contributed by atoms with Gasteiger partial charge in [0.05, 0.1) is 5.92 Å². The minimum Gasteiger partial charge on any atom is -0.426 e. The molecular formula is C25H34O2. The van der Waals surface area contributed by atoms with Crippen LogP contribution in [0.2, 0.25) is 0 Å². The summed E-state index contributed by atoms with van der Waals surface area (Å²) < 4.78 is 5.62. The van der Waals surface area contributed by atoms with Crippen molar-refractivity contribution in [2.45, 2.75) is 78.1 Å². The lowest BCUT2D eigenvalue weighted by Crippen LogP contribution is -2.25. The Hall–Kier alpha value is -1.75. The van der Waals surface area contributed by atoms with E-state index in [0.29, 0.717) is 11.7 Å². The number of hydrogen-bond acceptors (Lipinski definition) is 2. The number of esters is 1. The van der Waals surface area contributed by atoms with Crippen LogP contribution >= 0.6 is 0 Å². The Balaban J connectivity index is 1.47. The van der Waals surface area contributed by atoms with E-state index in [1.165, 1.54) is 51.4 Å². The maximum Gasteiger partial charge on any atom is 0.314 e. The molecule has 0 spiro atoms. The van der Waals surface area contributed by atoms with Crippen molar-refractivity contribution < 1.29 is 9.53 Å². The molecule has 0 bridgehead atoms. The van der Waals surface area contributed by atoms with Gasteiger partial charge in [0.1, 0.15) is 5.75 Å². The van der Waals surface area contributed by atoms with E-state index in [4.69, 9.17) is 4.74 Å². The van der Waals surface area contributed by atoms with Crippen LogP contribution in [-0.4, -0.2) is 5.97 Å². The molecule has 0 aliphatic heterocycles. The average Bonchev–Trinajstić information content (AvgIpc) is 2.69. The van der Waals surface area contributed by atoms with Gasteiger partial charge in [0.2, 0.25) is 0 Å². The van der Waals surface area contributed by atoms with Crippen LogP contribution in [0.3, 0.4) is 0 Å². The first kappa shape index (κ1) is 20.0. The van der Waals surface area contributed by atoms with Gasteiger partial charge < -0.3 is 4.74 Å². The van der Waals surface area contributed by atoms with Crippen LogP contribution < -0.4 is 4.74 Å². The van der Waals surface area contributed by atoms with Crippen molar-refractivity contribution in [2.75, 3.05) is 0 Å². The van der Waals surface area contributed by atoms with Gasteiger partial charge in [-0.05, 0) is 87.5 Å². The summed E-state index contributed by atoms with van der Waals surface area (Å²) in [7, 11) is 0. The Morgan fingerprint density at radius 1 is 1.00 bits per heavy atom. The second-order valence-electron chi connectivity index (χ2n) is 8.68. The van der Waals surface area contributed by atoms with Crippen molar-refractivity contribution in [3.8, 4) is 17.6 Å². The van der Waals surface area contributed by atoms with E-state index in [1.54, 1.807) is 0 Å². The third kappa shape index (κ3) is 6.13. The van der Waals surface area contributed by atoms with Crippen LogP contribution in [0.4, 0.5) is 0 Å². The average molecular weight is 367 g/mol. The lowest BCUT2D eigenvalue weighted by Gasteiger charge is -2.26. The van der Waals surface area contributed by atoms with Gasteiger partial charge in [0.25, 0.3) is 0 Å². The van der Waals surface area contributed by atoms with Gasteiger partial charge in [0, 0.05) is 11.5 Å². The summed E-state index contributed by atoms with van der Waals surface area (Å²) in [4.78, 5) is 12.4. The molecule has 2 fully saturated rings. The Kier molecular flexibility index (Phi) is 7.39. The molecule has 1 aromatic carbocycles. The van der Waals surface area contributed by atoms with Gasteiger partial charge in [-0.15, -0.1) is 0 Å². The number of ether oxygens (including phenoxy) is 1. The van der Waals surface area contributed by atoms with Crippen LogP contribution in [0.5, 0.6) is 5.75 Å². The molecule has 0 amide bonds. The molecule has 27 heavy (non-hydrogen) atoms. The largest absolute Gasteiger partial charge is 0.426 e. The third-order valence-corrected chi connectivity index (χ3v) is 6.39. The molecule has 2 aliphatic rings. The van der Waals surface area contributed by atoms with E-state index >= 15 is 0 Å². The SMILES string of the molecule is CCCC1CCC(C(=O)Oc2ccc(C#CC3CCC(C)CC3)cc2)CC1. The normalized spacial score (nSPS) is 28.1. The monoisotopic (exact) mass is 366 g/mol. The zero-order valence-electron chi connectivity index (χ0n) is 17.0. The van der Waals surface area contributed by atoms with Gasteiger partial charge in [-0.1, -0.05) is 38.5 Å². The van der Waals surface area contributed by atoms with Crippen molar-refractivity contribution >= 4 is 5.97 Å². The molecule has 0 aromatic heterocycles. The van der Waals surface area contributed by atoms with Crippen molar-refractivity contribution in [3.05, 3.63) is 29.8 Å². The Bertz CT molecular complexity index is 648. The van der Waals surface area contributed by atoms with Gasteiger partial charge in [-0.2, -0.15) is 0 Å². The maximum absolute atomic E-state index is 12.4. The second-order valence-corrected chi connectivity index (χ2v) is 8.68. The van der Waals surface area contributed by atoms with E-state index in [9.17, 15) is 4.79 Å². The van der Waals surface area contributed by atoms with E-state index in [-0.39, 0.29) is 11.9 Å². The zero-order chi connectivity index (χ0) is 19.1. The van der Waals surface area contributed by atoms with Crippen LogP contribution in [0, 0.1) is 35.5 Å². The third-order valence-electron chi connectivity index (χ3n) is 6.39. The van der Waals surface area contributed by atoms with Gasteiger partial charge in [-0.25, -0.2) is 0 Å². The molecule has 3 rings (SSSR count). The van der Waals surface area contributed by atoms with Crippen molar-refractivity contribution in [2.24, 2.45) is 23.7 Å². The predicted molar refractivity (Wildman–Crippen MR) is 110 cm³/mol. The van der Waals surface area contributed by atoms with Crippen LogP contribution in [0.25, 0.3) is 0 Å². The zero-order valence-corrected chi connectivity index (χ0v) is 17.0. The smallest absolute Gasteiger partial charge is 0.314 e. The molecule has 146 valence electrons. The fourth-order valence-corrected chi connectivity index (χ4v) is 4.49. The first-order valence-electron chi connectivity index (χ1n) is 11.0. The summed E-state index contributed by atoms with van der Waals surface area (Å²) in [5, 5.41) is 0. The minimum absolute atomic E-state index is 0.0555. The van der Waals surface area contributed by atoms with Crippen LogP contribution in [0.15, 0.2) is 24.3 Å². The highest BCUT2D eigenvalue weighted by molar-refractivity contribution is 5.75. The lowest BCUT2D eigenvalue weighted by atomic mass is 9.80. The first-order chi connectivity index (χ1) is 13.1. The standard InChI is InChI=1S/C25H34O2/c1-3-4-20-11-15-23(16-12-20)25(26)27-24-17-13-22(14-18-24)10-9-21-7-5-19(2)6-8-21/h13-14,17-21,23H,3-8,11-12,15-16H2,1-2H3. The Morgan fingerprint density at radius 2 is 1.67 bits per heavy atom. The molecule has 2 saturated carbocycles. The maximum atomic E-state index is 12.4. The molecule has 0 N–H and O–H groups in total. The number of carbonyl (C=O) groups excluding carboxylic acids is 1. The fraction of sp³-hybridized carbons (Fsp3) is 0.640. The minimum atomic E-state index is -0.0555. The van der Waals surface area contributed by atoms with Crippen LogP contribution in [-0.2, 0) is 4.79 Å². The molecule has 0 heterocycles. The van der Waals surface area contributed by atoms with E-state index in [0.717, 1.165) is 30.2 Å². The van der Waals surface area contributed by atoms with E-state index < -0.39 is 0 Å². The van der Waals surface area contributed by atoms with E-state index in [1.807, 2.05) is 24.3 Å². The topological polar surface area (TPSA) is 26.3 Å². The Morgan fingerprint density at radius 3 is 2.30 bits per heavy atom. The lowest BCUT2D eigenvalue weighted by molar-refractivity contribution is -0.140. The second kappa shape index (κ2) is 9.98. The summed E-state index contributed by atoms with van der Waals surface area (Å²) in [6, 6.07) is 7.71. The molecule has 1 aromatic rings. The summed E-state index contributed by atoms with van der Waals surface area (Å²) in [6.45, 7) is 4.57. The summed E-state index contributed by atoms with van der Waals surface area (Å²) in [6.07, 6.45) is 11.9. The Labute approximate surface area is 165 Å². The first-order valence-corrected chi connectivity index (χ1v) is 11.0. The number of benzene rings is 1. The highest BCUT2D eigenvalue weighted by Crippen LogP contribution is 2.32. The van der Waals surface area contributed by atoms with Gasteiger partial charge in [0.15, 0.2) is 0 Å². The molecule has 0 saturated heterocycles. The fourth-order valence-electron chi connectivity index (χ4n) is 4.49. The molecular weight excluding hydrogens is 332 g/mol. The van der Waals surface area contributed by atoms with E-state index in [2.05, 4.69) is 25.7 Å². The van der Waals surface area contributed by atoms with Gasteiger partial charge >= 0.3 is 5.97 Å². The molecule has 2 nitrogen and oxygen atoms in total. The van der Waals surface area contributed by atoms with Crippen molar-refractivity contribution in [1.82, 2.24) is 0 Å². The molecule has 2 heteroatoms. The number of hydrogen-bond donors (Lipinski definition) is 0. The molecule has 0 atom stereocenters. The highest BCUT2D eigenvalue weighted by atomic mass is 16.5. The number of rotatable bonds is 4. The molecule has 2 aliphatic carbocycles. The quantitative estimate of drug-likeness (QED) is 0.351.